The number of carboxylic acids is 1. The fourth-order valence-electron chi connectivity index (χ4n) is 3.52. The maximum Gasteiger partial charge on any atom is 0.335 e. The minimum atomic E-state index is -1.68. The summed E-state index contributed by atoms with van der Waals surface area (Å²) in [5, 5.41) is 18.9. The highest BCUT2D eigenvalue weighted by Crippen LogP contribution is 2.25. The lowest BCUT2D eigenvalue weighted by atomic mass is 9.89. The molecule has 1 amide bonds. The molecule has 2 aliphatic rings. The maximum atomic E-state index is 12.4. The Morgan fingerprint density at radius 3 is 2.39 bits per heavy atom. The summed E-state index contributed by atoms with van der Waals surface area (Å²) in [5.41, 5.74) is 2.11. The number of hydrogen-bond acceptors (Lipinski definition) is 3. The second-order valence-corrected chi connectivity index (χ2v) is 6.70. The number of hydrogen-bond donors (Lipinski definition) is 2. The van der Waals surface area contributed by atoms with Crippen LogP contribution >= 0.6 is 0 Å². The van der Waals surface area contributed by atoms with Gasteiger partial charge in [0.15, 0.2) is 5.60 Å². The van der Waals surface area contributed by atoms with Crippen LogP contribution in [-0.2, 0) is 28.9 Å². The van der Waals surface area contributed by atoms with Crippen molar-refractivity contribution in [2.24, 2.45) is 0 Å². The molecule has 23 heavy (non-hydrogen) atoms. The molecule has 124 valence electrons. The number of amides is 1. The van der Waals surface area contributed by atoms with Crippen LogP contribution in [-0.4, -0.2) is 45.7 Å². The Morgan fingerprint density at radius 2 is 1.74 bits per heavy atom. The highest BCUT2D eigenvalue weighted by molar-refractivity contribution is 5.81. The van der Waals surface area contributed by atoms with E-state index in [0.29, 0.717) is 19.5 Å². The second-order valence-electron chi connectivity index (χ2n) is 6.70. The van der Waals surface area contributed by atoms with Gasteiger partial charge in [-0.05, 0) is 42.4 Å². The summed E-state index contributed by atoms with van der Waals surface area (Å²) in [5.74, 6) is -1.19. The van der Waals surface area contributed by atoms with E-state index in [9.17, 15) is 14.7 Å². The van der Waals surface area contributed by atoms with Crippen LogP contribution in [0.25, 0.3) is 0 Å². The smallest absolute Gasteiger partial charge is 0.335 e. The number of fused-ring (bicyclic) bond motifs is 1. The molecule has 1 aromatic rings. The van der Waals surface area contributed by atoms with E-state index in [-0.39, 0.29) is 18.7 Å². The van der Waals surface area contributed by atoms with Gasteiger partial charge in [-0.1, -0.05) is 18.2 Å². The number of benzene rings is 1. The Labute approximate surface area is 135 Å². The molecule has 3 rings (SSSR count). The van der Waals surface area contributed by atoms with Gasteiger partial charge in [0, 0.05) is 25.9 Å². The highest BCUT2D eigenvalue weighted by atomic mass is 16.4. The molecule has 5 heteroatoms. The lowest BCUT2D eigenvalue weighted by molar-refractivity contribution is -0.165. The van der Waals surface area contributed by atoms with Gasteiger partial charge in [0.1, 0.15) is 0 Å². The first kappa shape index (κ1) is 16.0. The first-order valence-electron chi connectivity index (χ1n) is 8.32. The van der Waals surface area contributed by atoms with Crippen LogP contribution < -0.4 is 0 Å². The van der Waals surface area contributed by atoms with Gasteiger partial charge in [0.05, 0.1) is 6.42 Å². The zero-order chi connectivity index (χ0) is 16.4. The van der Waals surface area contributed by atoms with Crippen molar-refractivity contribution in [3.05, 3.63) is 34.9 Å². The van der Waals surface area contributed by atoms with Crippen LogP contribution in [0.1, 0.15) is 42.4 Å². The first-order valence-corrected chi connectivity index (χ1v) is 8.32. The molecule has 0 bridgehead atoms. The van der Waals surface area contributed by atoms with Crippen molar-refractivity contribution in [1.82, 2.24) is 4.90 Å². The predicted octanol–water partition coefficient (Wildman–Crippen LogP) is 1.55. The van der Waals surface area contributed by atoms with Crippen LogP contribution in [0.15, 0.2) is 18.2 Å². The van der Waals surface area contributed by atoms with Crippen LogP contribution in [0.4, 0.5) is 0 Å². The van der Waals surface area contributed by atoms with Gasteiger partial charge in [0.2, 0.25) is 5.91 Å². The molecule has 5 nitrogen and oxygen atoms in total. The molecule has 0 aromatic heterocycles. The summed E-state index contributed by atoms with van der Waals surface area (Å²) in [7, 11) is 0. The Hall–Kier alpha value is -1.88. The van der Waals surface area contributed by atoms with Crippen molar-refractivity contribution in [1.29, 1.82) is 0 Å². The van der Waals surface area contributed by atoms with E-state index in [1.807, 2.05) is 6.07 Å². The topological polar surface area (TPSA) is 77.8 Å². The molecule has 1 saturated heterocycles. The summed E-state index contributed by atoms with van der Waals surface area (Å²) in [6.45, 7) is 0.596. The molecule has 1 heterocycles. The number of carbonyl (C=O) groups excluding carboxylic acids is 1. The van der Waals surface area contributed by atoms with Crippen LogP contribution in [0.3, 0.4) is 0 Å². The molecular weight excluding hydrogens is 294 g/mol. The zero-order valence-electron chi connectivity index (χ0n) is 13.3. The molecule has 1 fully saturated rings. The summed E-state index contributed by atoms with van der Waals surface area (Å²) < 4.78 is 0. The van der Waals surface area contributed by atoms with Gasteiger partial charge >= 0.3 is 5.97 Å². The van der Waals surface area contributed by atoms with E-state index in [0.717, 1.165) is 18.4 Å². The second kappa shape index (κ2) is 6.32. The summed E-state index contributed by atoms with van der Waals surface area (Å²) in [6.07, 6.45) is 5.21. The molecular formula is C18H23NO4. The molecule has 2 N–H and O–H groups in total. The van der Waals surface area contributed by atoms with E-state index >= 15 is 0 Å². The van der Waals surface area contributed by atoms with E-state index in [4.69, 9.17) is 5.11 Å². The van der Waals surface area contributed by atoms with Crippen molar-refractivity contribution >= 4 is 11.9 Å². The van der Waals surface area contributed by atoms with Crippen LogP contribution in [0, 0.1) is 0 Å². The summed E-state index contributed by atoms with van der Waals surface area (Å²) in [6, 6.07) is 6.31. The Morgan fingerprint density at radius 1 is 1.09 bits per heavy atom. The summed E-state index contributed by atoms with van der Waals surface area (Å²) >= 11 is 0. The van der Waals surface area contributed by atoms with E-state index in [1.165, 1.54) is 24.0 Å². The predicted molar refractivity (Wildman–Crippen MR) is 85.2 cm³/mol. The Bertz CT molecular complexity index is 617. The number of piperidine rings is 1. The number of carbonyl (C=O) groups is 2. The van der Waals surface area contributed by atoms with Crippen LogP contribution in [0.2, 0.25) is 0 Å². The van der Waals surface area contributed by atoms with Gasteiger partial charge in [-0.2, -0.15) is 0 Å². The lowest BCUT2D eigenvalue weighted by Crippen LogP contribution is -2.51. The molecule has 1 aliphatic heterocycles. The normalized spacial score (nSPS) is 20.0. The number of carboxylic acid groups (broad SMARTS) is 1. The van der Waals surface area contributed by atoms with Gasteiger partial charge in [-0.15, -0.1) is 0 Å². The lowest BCUT2D eigenvalue weighted by Gasteiger charge is -2.35. The van der Waals surface area contributed by atoms with Gasteiger partial charge in [-0.25, -0.2) is 4.79 Å². The highest BCUT2D eigenvalue weighted by Gasteiger charge is 2.40. The molecule has 1 aromatic carbocycles. The zero-order valence-corrected chi connectivity index (χ0v) is 13.3. The average molecular weight is 317 g/mol. The number of likely N-dealkylation sites (tertiary alicyclic amines) is 1. The SMILES string of the molecule is O=C(Cc1ccc2c(c1)CCCC2)N1CCC(O)(C(=O)O)CC1. The minimum absolute atomic E-state index is 0.00759. The number of aryl methyl sites for hydroxylation is 2. The van der Waals surface area contributed by atoms with Gasteiger partial charge < -0.3 is 15.1 Å². The van der Waals surface area contributed by atoms with E-state index < -0.39 is 11.6 Å². The summed E-state index contributed by atoms with van der Waals surface area (Å²) in [4.78, 5) is 25.1. The Kier molecular flexibility index (Phi) is 4.39. The number of aliphatic hydroxyl groups is 1. The Balaban J connectivity index is 1.61. The maximum absolute atomic E-state index is 12.4. The molecule has 1 aliphatic carbocycles. The van der Waals surface area contributed by atoms with Crippen molar-refractivity contribution in [2.45, 2.75) is 50.5 Å². The number of rotatable bonds is 3. The van der Waals surface area contributed by atoms with Gasteiger partial charge in [-0.3, -0.25) is 4.79 Å². The molecule has 0 radical (unpaired) electrons. The molecule has 0 spiro atoms. The van der Waals surface area contributed by atoms with Crippen molar-refractivity contribution < 1.29 is 19.8 Å². The quantitative estimate of drug-likeness (QED) is 0.886. The third-order valence-corrected chi connectivity index (χ3v) is 5.11. The largest absolute Gasteiger partial charge is 0.479 e. The standard InChI is InChI=1S/C18H23NO4/c20-16(19-9-7-18(23,8-10-19)17(21)22)12-13-5-6-14-3-1-2-4-15(14)11-13/h5-6,11,23H,1-4,7-10,12H2,(H,21,22). The fraction of sp³-hybridized carbons (Fsp3) is 0.556. The third kappa shape index (κ3) is 3.39. The van der Waals surface area contributed by atoms with Crippen molar-refractivity contribution in [3.8, 4) is 0 Å². The van der Waals surface area contributed by atoms with Gasteiger partial charge in [0.25, 0.3) is 0 Å². The molecule has 0 unspecified atom stereocenters. The van der Waals surface area contributed by atoms with E-state index in [1.54, 1.807) is 4.90 Å². The monoisotopic (exact) mass is 317 g/mol. The number of aliphatic carboxylic acids is 1. The van der Waals surface area contributed by atoms with Crippen molar-refractivity contribution in [3.63, 3.8) is 0 Å². The van der Waals surface area contributed by atoms with Crippen LogP contribution in [0.5, 0.6) is 0 Å². The molecule has 0 atom stereocenters. The first-order chi connectivity index (χ1) is 11.0. The molecule has 0 saturated carbocycles. The minimum Gasteiger partial charge on any atom is -0.479 e. The van der Waals surface area contributed by atoms with Crippen molar-refractivity contribution in [2.75, 3.05) is 13.1 Å². The average Bonchev–Trinajstić information content (AvgIpc) is 2.55. The third-order valence-electron chi connectivity index (χ3n) is 5.11. The number of nitrogens with zero attached hydrogens (tertiary/aromatic N) is 1. The van der Waals surface area contributed by atoms with E-state index in [2.05, 4.69) is 12.1 Å². The fourth-order valence-corrected chi connectivity index (χ4v) is 3.52.